The number of halogens is 1. The van der Waals surface area contributed by atoms with Gasteiger partial charge in [-0.1, -0.05) is 35.9 Å². The molecule has 0 aliphatic carbocycles. The molecule has 2 aromatic carbocycles. The Bertz CT molecular complexity index is 922. The number of ether oxygens (including phenoxy) is 1. The van der Waals surface area contributed by atoms with Crippen molar-refractivity contribution < 1.29 is 14.6 Å². The highest BCUT2D eigenvalue weighted by Crippen LogP contribution is 2.30. The van der Waals surface area contributed by atoms with Gasteiger partial charge < -0.3 is 9.84 Å². The largest absolute Gasteiger partial charge is 0.491 e. The number of fused-ring (bicyclic) bond motifs is 1. The van der Waals surface area contributed by atoms with E-state index in [9.17, 15) is 9.90 Å². The molecule has 122 valence electrons. The molecule has 0 unspecified atom stereocenters. The van der Waals surface area contributed by atoms with E-state index in [1.807, 2.05) is 38.1 Å². The molecular weight excluding hydrogens is 326 g/mol. The van der Waals surface area contributed by atoms with Crippen molar-refractivity contribution in [2.45, 2.75) is 20.0 Å². The molecule has 0 fully saturated rings. The van der Waals surface area contributed by atoms with E-state index in [1.165, 1.54) is 0 Å². The summed E-state index contributed by atoms with van der Waals surface area (Å²) in [6.07, 6.45) is 0.0498. The van der Waals surface area contributed by atoms with Crippen molar-refractivity contribution >= 4 is 28.5 Å². The van der Waals surface area contributed by atoms with Crippen molar-refractivity contribution in [2.75, 3.05) is 0 Å². The third kappa shape index (κ3) is 3.19. The molecule has 1 aromatic heterocycles. The standard InChI is InChI=1S/C19H16ClNO3/c1-11(2)24-13-6-3-5-12(9-13)17-10-15(19(22)23)14-7-4-8-16(20)18(14)21-17/h3-11H,1-2H3,(H,22,23). The van der Waals surface area contributed by atoms with Gasteiger partial charge in [0.1, 0.15) is 5.75 Å². The first kappa shape index (κ1) is 16.3. The number of carbonyl (C=O) groups is 1. The average molecular weight is 342 g/mol. The van der Waals surface area contributed by atoms with Crippen LogP contribution >= 0.6 is 11.6 Å². The van der Waals surface area contributed by atoms with Crippen LogP contribution < -0.4 is 4.74 Å². The summed E-state index contributed by atoms with van der Waals surface area (Å²) >= 11 is 6.21. The van der Waals surface area contributed by atoms with E-state index < -0.39 is 5.97 Å². The van der Waals surface area contributed by atoms with Crippen molar-refractivity contribution in [1.29, 1.82) is 0 Å². The third-order valence-electron chi connectivity index (χ3n) is 3.52. The van der Waals surface area contributed by atoms with Gasteiger partial charge in [-0.15, -0.1) is 0 Å². The first-order valence-corrected chi connectivity index (χ1v) is 7.93. The quantitative estimate of drug-likeness (QED) is 0.722. The zero-order chi connectivity index (χ0) is 17.3. The predicted molar refractivity (Wildman–Crippen MR) is 94.9 cm³/mol. The molecule has 0 saturated carbocycles. The van der Waals surface area contributed by atoms with E-state index in [0.717, 1.165) is 5.56 Å². The lowest BCUT2D eigenvalue weighted by molar-refractivity contribution is 0.0699. The normalized spacial score (nSPS) is 11.0. The van der Waals surface area contributed by atoms with E-state index in [4.69, 9.17) is 16.3 Å². The van der Waals surface area contributed by atoms with E-state index in [-0.39, 0.29) is 11.7 Å². The van der Waals surface area contributed by atoms with Crippen LogP contribution in [0.15, 0.2) is 48.5 Å². The summed E-state index contributed by atoms with van der Waals surface area (Å²) in [5.41, 5.74) is 1.97. The number of hydrogen-bond donors (Lipinski definition) is 1. The second kappa shape index (κ2) is 6.49. The molecule has 0 bridgehead atoms. The molecule has 0 saturated heterocycles. The van der Waals surface area contributed by atoms with Crippen molar-refractivity contribution in [1.82, 2.24) is 4.98 Å². The van der Waals surface area contributed by atoms with Crippen LogP contribution in [0.5, 0.6) is 5.75 Å². The highest BCUT2D eigenvalue weighted by Gasteiger charge is 2.15. The van der Waals surface area contributed by atoms with Crippen molar-refractivity contribution in [3.8, 4) is 17.0 Å². The summed E-state index contributed by atoms with van der Waals surface area (Å²) in [4.78, 5) is 16.2. The van der Waals surface area contributed by atoms with Gasteiger partial charge in [0.15, 0.2) is 0 Å². The fraction of sp³-hybridized carbons (Fsp3) is 0.158. The first-order valence-electron chi connectivity index (χ1n) is 7.55. The van der Waals surface area contributed by atoms with Gasteiger partial charge in [0, 0.05) is 10.9 Å². The molecule has 5 heteroatoms. The third-order valence-corrected chi connectivity index (χ3v) is 3.83. The Morgan fingerprint density at radius 1 is 1.17 bits per heavy atom. The molecule has 0 spiro atoms. The van der Waals surface area contributed by atoms with Gasteiger partial charge in [0.05, 0.1) is 27.9 Å². The van der Waals surface area contributed by atoms with Crippen LogP contribution in [-0.2, 0) is 0 Å². The number of aromatic nitrogens is 1. The fourth-order valence-electron chi connectivity index (χ4n) is 2.54. The number of aromatic carboxylic acids is 1. The average Bonchev–Trinajstić information content (AvgIpc) is 2.54. The topological polar surface area (TPSA) is 59.4 Å². The molecule has 1 heterocycles. The zero-order valence-electron chi connectivity index (χ0n) is 13.3. The van der Waals surface area contributed by atoms with Gasteiger partial charge in [-0.25, -0.2) is 9.78 Å². The minimum Gasteiger partial charge on any atom is -0.491 e. The van der Waals surface area contributed by atoms with Crippen LogP contribution in [0.3, 0.4) is 0 Å². The van der Waals surface area contributed by atoms with Gasteiger partial charge in [-0.3, -0.25) is 0 Å². The molecule has 0 aliphatic rings. The van der Waals surface area contributed by atoms with Crippen LogP contribution in [-0.4, -0.2) is 22.2 Å². The van der Waals surface area contributed by atoms with Crippen LogP contribution in [0.25, 0.3) is 22.2 Å². The maximum absolute atomic E-state index is 11.6. The number of para-hydroxylation sites is 1. The minimum absolute atomic E-state index is 0.0498. The number of pyridine rings is 1. The lowest BCUT2D eigenvalue weighted by Gasteiger charge is -2.12. The smallest absolute Gasteiger partial charge is 0.336 e. The fourth-order valence-corrected chi connectivity index (χ4v) is 2.76. The molecule has 3 rings (SSSR count). The monoisotopic (exact) mass is 341 g/mol. The number of rotatable bonds is 4. The summed E-state index contributed by atoms with van der Waals surface area (Å²) in [6.45, 7) is 3.90. The van der Waals surface area contributed by atoms with Gasteiger partial charge >= 0.3 is 5.97 Å². The Kier molecular flexibility index (Phi) is 4.40. The molecule has 0 radical (unpaired) electrons. The molecule has 0 atom stereocenters. The molecule has 3 aromatic rings. The molecular formula is C19H16ClNO3. The molecule has 24 heavy (non-hydrogen) atoms. The maximum Gasteiger partial charge on any atom is 0.336 e. The van der Waals surface area contributed by atoms with Gasteiger partial charge in [0.2, 0.25) is 0 Å². The zero-order valence-corrected chi connectivity index (χ0v) is 14.0. The first-order chi connectivity index (χ1) is 11.5. The highest BCUT2D eigenvalue weighted by atomic mass is 35.5. The summed E-state index contributed by atoms with van der Waals surface area (Å²) in [7, 11) is 0. The minimum atomic E-state index is -1.01. The molecule has 0 amide bonds. The van der Waals surface area contributed by atoms with E-state index in [0.29, 0.717) is 27.4 Å². The Morgan fingerprint density at radius 3 is 2.62 bits per heavy atom. The Hall–Kier alpha value is -2.59. The van der Waals surface area contributed by atoms with Gasteiger partial charge in [0.25, 0.3) is 0 Å². The Balaban J connectivity index is 2.20. The van der Waals surface area contributed by atoms with Crippen molar-refractivity contribution in [3.63, 3.8) is 0 Å². The number of carboxylic acid groups (broad SMARTS) is 1. The predicted octanol–water partition coefficient (Wildman–Crippen LogP) is 5.04. The van der Waals surface area contributed by atoms with E-state index in [1.54, 1.807) is 24.3 Å². The number of benzene rings is 2. The summed E-state index contributed by atoms with van der Waals surface area (Å²) < 4.78 is 5.70. The summed E-state index contributed by atoms with van der Waals surface area (Å²) in [5.74, 6) is -0.305. The SMILES string of the molecule is CC(C)Oc1cccc(-c2cc(C(=O)O)c3cccc(Cl)c3n2)c1. The lowest BCUT2D eigenvalue weighted by Crippen LogP contribution is -2.05. The summed E-state index contributed by atoms with van der Waals surface area (Å²) in [6, 6.07) is 14.1. The second-order valence-electron chi connectivity index (χ2n) is 5.69. The number of nitrogens with zero attached hydrogens (tertiary/aromatic N) is 1. The van der Waals surface area contributed by atoms with Crippen molar-refractivity contribution in [2.24, 2.45) is 0 Å². The highest BCUT2D eigenvalue weighted by molar-refractivity contribution is 6.35. The van der Waals surface area contributed by atoms with Crippen LogP contribution in [0, 0.1) is 0 Å². The van der Waals surface area contributed by atoms with E-state index >= 15 is 0 Å². The number of hydrogen-bond acceptors (Lipinski definition) is 3. The second-order valence-corrected chi connectivity index (χ2v) is 6.10. The van der Waals surface area contributed by atoms with Gasteiger partial charge in [-0.2, -0.15) is 0 Å². The van der Waals surface area contributed by atoms with Crippen molar-refractivity contribution in [3.05, 3.63) is 59.1 Å². The van der Waals surface area contributed by atoms with E-state index in [2.05, 4.69) is 4.98 Å². The molecule has 1 N–H and O–H groups in total. The Labute approximate surface area is 144 Å². The van der Waals surface area contributed by atoms with Crippen LogP contribution in [0.4, 0.5) is 0 Å². The summed E-state index contributed by atoms with van der Waals surface area (Å²) in [5, 5.41) is 10.5. The Morgan fingerprint density at radius 2 is 1.92 bits per heavy atom. The van der Waals surface area contributed by atoms with Crippen LogP contribution in [0.2, 0.25) is 5.02 Å². The molecule has 0 aliphatic heterocycles. The lowest BCUT2D eigenvalue weighted by atomic mass is 10.0. The maximum atomic E-state index is 11.6. The van der Waals surface area contributed by atoms with Crippen LogP contribution in [0.1, 0.15) is 24.2 Å². The number of carboxylic acids is 1. The molecule has 4 nitrogen and oxygen atoms in total. The van der Waals surface area contributed by atoms with Gasteiger partial charge in [-0.05, 0) is 38.1 Å².